The van der Waals surface area contributed by atoms with Crippen LogP contribution >= 0.6 is 0 Å². The smallest absolute Gasteiger partial charge is 0.115 e. The van der Waals surface area contributed by atoms with Crippen molar-refractivity contribution in [3.05, 3.63) is 66.0 Å². The van der Waals surface area contributed by atoms with Gasteiger partial charge >= 0.3 is 0 Å². The third kappa shape index (κ3) is 3.06. The number of aromatic nitrogens is 2. The molecule has 1 heterocycles. The molecule has 0 atom stereocenters. The summed E-state index contributed by atoms with van der Waals surface area (Å²) in [5, 5.41) is 0. The number of rotatable bonds is 4. The molecule has 0 fully saturated rings. The summed E-state index contributed by atoms with van der Waals surface area (Å²) in [6.07, 6.45) is 2.24. The molecule has 0 spiro atoms. The number of fused-ring (bicyclic) bond motifs is 1. The van der Waals surface area contributed by atoms with Crippen LogP contribution in [0.4, 0.5) is 0 Å². The average Bonchev–Trinajstić information content (AvgIpc) is 2.88. The van der Waals surface area contributed by atoms with Gasteiger partial charge in [0.15, 0.2) is 0 Å². The molecule has 0 unspecified atom stereocenters. The minimum Gasteiger partial charge on any atom is -0.328 e. The first kappa shape index (κ1) is 14.8. The van der Waals surface area contributed by atoms with Gasteiger partial charge in [-0.25, -0.2) is 4.98 Å². The number of para-hydroxylation sites is 2. The van der Waals surface area contributed by atoms with Gasteiger partial charge in [-0.3, -0.25) is 0 Å². The van der Waals surface area contributed by atoms with Crippen LogP contribution in [0.15, 0.2) is 54.6 Å². The van der Waals surface area contributed by atoms with E-state index in [1.807, 2.05) is 0 Å². The lowest BCUT2D eigenvalue weighted by Gasteiger charge is -2.20. The van der Waals surface area contributed by atoms with Crippen molar-refractivity contribution >= 4 is 11.0 Å². The fourth-order valence-corrected chi connectivity index (χ4v) is 2.96. The van der Waals surface area contributed by atoms with Crippen LogP contribution in [-0.2, 0) is 18.4 Å². The molecular weight excluding hydrogens is 268 g/mol. The van der Waals surface area contributed by atoms with Crippen LogP contribution in [0, 0.1) is 0 Å². The van der Waals surface area contributed by atoms with Crippen LogP contribution in [-0.4, -0.2) is 9.55 Å². The monoisotopic (exact) mass is 292 g/mol. The zero-order chi connectivity index (χ0) is 15.6. The SMILES string of the molecule is CC(C)(C)c1nc2ccccc2n1CCCc1ccccc1. The predicted molar refractivity (Wildman–Crippen MR) is 93.2 cm³/mol. The van der Waals surface area contributed by atoms with E-state index in [-0.39, 0.29) is 5.41 Å². The van der Waals surface area contributed by atoms with Gasteiger partial charge in [0.2, 0.25) is 0 Å². The average molecular weight is 292 g/mol. The summed E-state index contributed by atoms with van der Waals surface area (Å²) >= 11 is 0. The molecule has 0 aliphatic carbocycles. The van der Waals surface area contributed by atoms with Gasteiger partial charge in [-0.15, -0.1) is 0 Å². The van der Waals surface area contributed by atoms with E-state index >= 15 is 0 Å². The molecule has 3 aromatic rings. The Labute approximate surface area is 132 Å². The molecular formula is C20H24N2. The lowest BCUT2D eigenvalue weighted by Crippen LogP contribution is -2.19. The molecule has 0 aliphatic rings. The van der Waals surface area contributed by atoms with Gasteiger partial charge in [0.25, 0.3) is 0 Å². The summed E-state index contributed by atoms with van der Waals surface area (Å²) in [7, 11) is 0. The van der Waals surface area contributed by atoms with Crippen molar-refractivity contribution in [3.63, 3.8) is 0 Å². The summed E-state index contributed by atoms with van der Waals surface area (Å²) < 4.78 is 2.40. The van der Waals surface area contributed by atoms with E-state index < -0.39 is 0 Å². The Hall–Kier alpha value is -2.09. The summed E-state index contributed by atoms with van der Waals surface area (Å²) in [6.45, 7) is 7.73. The fraction of sp³-hybridized carbons (Fsp3) is 0.350. The summed E-state index contributed by atoms with van der Waals surface area (Å²) in [5.41, 5.74) is 3.82. The highest BCUT2D eigenvalue weighted by Crippen LogP contribution is 2.26. The number of nitrogens with zero attached hydrogens (tertiary/aromatic N) is 2. The third-order valence-corrected chi connectivity index (χ3v) is 4.02. The number of hydrogen-bond acceptors (Lipinski definition) is 1. The third-order valence-electron chi connectivity index (χ3n) is 4.02. The Kier molecular flexibility index (Phi) is 4.02. The van der Waals surface area contributed by atoms with Crippen molar-refractivity contribution in [3.8, 4) is 0 Å². The molecule has 0 bridgehead atoms. The Balaban J connectivity index is 1.85. The second kappa shape index (κ2) is 5.96. The Morgan fingerprint density at radius 3 is 2.32 bits per heavy atom. The van der Waals surface area contributed by atoms with E-state index in [9.17, 15) is 0 Å². The maximum absolute atomic E-state index is 4.87. The van der Waals surface area contributed by atoms with Crippen molar-refractivity contribution < 1.29 is 0 Å². The molecule has 0 aliphatic heterocycles. The van der Waals surface area contributed by atoms with Gasteiger partial charge in [0.05, 0.1) is 11.0 Å². The Morgan fingerprint density at radius 1 is 0.909 bits per heavy atom. The summed E-state index contributed by atoms with van der Waals surface area (Å²) in [6, 6.07) is 19.2. The maximum Gasteiger partial charge on any atom is 0.115 e. The number of aryl methyl sites for hydroxylation is 2. The zero-order valence-electron chi connectivity index (χ0n) is 13.7. The van der Waals surface area contributed by atoms with Gasteiger partial charge < -0.3 is 4.57 Å². The van der Waals surface area contributed by atoms with Crippen LogP contribution in [0.25, 0.3) is 11.0 Å². The first-order chi connectivity index (χ1) is 10.6. The van der Waals surface area contributed by atoms with E-state index in [4.69, 9.17) is 4.98 Å². The van der Waals surface area contributed by atoms with E-state index in [1.54, 1.807) is 0 Å². The van der Waals surface area contributed by atoms with E-state index in [1.165, 1.54) is 16.9 Å². The lowest BCUT2D eigenvalue weighted by molar-refractivity contribution is 0.496. The molecule has 0 saturated heterocycles. The molecule has 0 radical (unpaired) electrons. The standard InChI is InChI=1S/C20H24N2/c1-20(2,3)19-21-17-13-7-8-14-18(17)22(19)15-9-12-16-10-5-4-6-11-16/h4-8,10-11,13-14H,9,12,15H2,1-3H3. The molecule has 0 saturated carbocycles. The van der Waals surface area contributed by atoms with Crippen LogP contribution in [0.3, 0.4) is 0 Å². The fourth-order valence-electron chi connectivity index (χ4n) is 2.96. The van der Waals surface area contributed by atoms with Crippen molar-refractivity contribution in [1.29, 1.82) is 0 Å². The van der Waals surface area contributed by atoms with E-state index in [2.05, 4.69) is 79.9 Å². The number of imidazole rings is 1. The molecule has 1 aromatic heterocycles. The van der Waals surface area contributed by atoms with Gasteiger partial charge in [-0.1, -0.05) is 63.2 Å². The molecule has 2 heteroatoms. The molecule has 114 valence electrons. The maximum atomic E-state index is 4.87. The molecule has 0 amide bonds. The van der Waals surface area contributed by atoms with Crippen molar-refractivity contribution in [2.75, 3.05) is 0 Å². The quantitative estimate of drug-likeness (QED) is 0.664. The second-order valence-corrected chi connectivity index (χ2v) is 6.91. The highest BCUT2D eigenvalue weighted by atomic mass is 15.1. The molecule has 2 nitrogen and oxygen atoms in total. The van der Waals surface area contributed by atoms with Gasteiger partial charge in [0.1, 0.15) is 5.82 Å². The zero-order valence-corrected chi connectivity index (χ0v) is 13.7. The predicted octanol–water partition coefficient (Wildman–Crippen LogP) is 4.97. The lowest BCUT2D eigenvalue weighted by atomic mass is 9.95. The van der Waals surface area contributed by atoms with Gasteiger partial charge in [0, 0.05) is 12.0 Å². The van der Waals surface area contributed by atoms with Gasteiger partial charge in [-0.2, -0.15) is 0 Å². The van der Waals surface area contributed by atoms with Crippen LogP contribution in [0.2, 0.25) is 0 Å². The highest BCUT2D eigenvalue weighted by Gasteiger charge is 2.22. The first-order valence-corrected chi connectivity index (χ1v) is 8.05. The van der Waals surface area contributed by atoms with Crippen LogP contribution in [0.1, 0.15) is 38.6 Å². The normalized spacial score (nSPS) is 12.0. The van der Waals surface area contributed by atoms with Crippen molar-refractivity contribution in [2.24, 2.45) is 0 Å². The van der Waals surface area contributed by atoms with E-state index in [0.29, 0.717) is 0 Å². The minimum absolute atomic E-state index is 0.0613. The van der Waals surface area contributed by atoms with Crippen LogP contribution < -0.4 is 0 Å². The van der Waals surface area contributed by atoms with E-state index in [0.717, 1.165) is 24.9 Å². The number of hydrogen-bond donors (Lipinski definition) is 0. The molecule has 22 heavy (non-hydrogen) atoms. The minimum atomic E-state index is 0.0613. The molecule has 2 aromatic carbocycles. The number of benzene rings is 2. The summed E-state index contributed by atoms with van der Waals surface area (Å²) in [5.74, 6) is 1.18. The summed E-state index contributed by atoms with van der Waals surface area (Å²) in [4.78, 5) is 4.87. The molecule has 0 N–H and O–H groups in total. The first-order valence-electron chi connectivity index (χ1n) is 8.05. The van der Waals surface area contributed by atoms with Crippen molar-refractivity contribution in [2.45, 2.75) is 45.6 Å². The van der Waals surface area contributed by atoms with Crippen LogP contribution in [0.5, 0.6) is 0 Å². The second-order valence-electron chi connectivity index (χ2n) is 6.91. The van der Waals surface area contributed by atoms with Gasteiger partial charge in [-0.05, 0) is 30.5 Å². The topological polar surface area (TPSA) is 17.8 Å². The Bertz CT molecular complexity index is 748. The molecule has 3 rings (SSSR count). The van der Waals surface area contributed by atoms with Crippen molar-refractivity contribution in [1.82, 2.24) is 9.55 Å². The highest BCUT2D eigenvalue weighted by molar-refractivity contribution is 5.76. The Morgan fingerprint density at radius 2 is 1.59 bits per heavy atom. The largest absolute Gasteiger partial charge is 0.328 e.